The first-order valence-electron chi connectivity index (χ1n) is 7.68. The molecule has 0 radical (unpaired) electrons. The number of anilines is 1. The van der Waals surface area contributed by atoms with Gasteiger partial charge in [0.15, 0.2) is 0 Å². The minimum absolute atomic E-state index is 0.497. The summed E-state index contributed by atoms with van der Waals surface area (Å²) in [6.07, 6.45) is -0.526. The normalized spacial score (nSPS) is 11.9. The zero-order valence-electron chi connectivity index (χ0n) is 14.3. The van der Waals surface area contributed by atoms with Gasteiger partial charge < -0.3 is 9.94 Å². The van der Waals surface area contributed by atoms with E-state index in [1.165, 1.54) is 0 Å². The van der Waals surface area contributed by atoms with Crippen molar-refractivity contribution in [3.05, 3.63) is 65.2 Å². The van der Waals surface area contributed by atoms with Crippen LogP contribution in [0.4, 0.5) is 10.5 Å². The number of amides is 1. The molecule has 0 aliphatic carbocycles. The van der Waals surface area contributed by atoms with Crippen molar-refractivity contribution >= 4 is 17.5 Å². The van der Waals surface area contributed by atoms with Gasteiger partial charge in [0, 0.05) is 5.69 Å². The fraction of sp³-hybridized carbons (Fsp3) is 0.263. The van der Waals surface area contributed by atoms with E-state index in [2.05, 4.69) is 10.5 Å². The summed E-state index contributed by atoms with van der Waals surface area (Å²) in [5, 5.41) is 14.8. The lowest BCUT2D eigenvalue weighted by Gasteiger charge is -2.26. The summed E-state index contributed by atoms with van der Waals surface area (Å²) in [6, 6.07) is 14.9. The highest BCUT2D eigenvalue weighted by atomic mass is 16.6. The highest BCUT2D eigenvalue weighted by Crippen LogP contribution is 2.26. The van der Waals surface area contributed by atoms with Crippen molar-refractivity contribution < 1.29 is 14.7 Å². The lowest BCUT2D eigenvalue weighted by atomic mass is 9.95. The molecule has 0 aromatic heterocycles. The standard InChI is InChI=1S/C19H22N2O3/c1-13-8-10-17(11-9-13)20-18(22)24-19(3,4)16-7-5-6-15(12-16)14(2)21-23/h5-12,23H,1-4H3,(H,20,22)/b21-14+. The minimum Gasteiger partial charge on any atom is -0.438 e. The van der Waals surface area contributed by atoms with Gasteiger partial charge in [-0.15, -0.1) is 0 Å². The van der Waals surface area contributed by atoms with E-state index in [9.17, 15) is 4.79 Å². The number of hydrogen-bond donors (Lipinski definition) is 2. The maximum Gasteiger partial charge on any atom is 0.412 e. The third-order valence-corrected chi connectivity index (χ3v) is 3.77. The summed E-state index contributed by atoms with van der Waals surface area (Å²) in [6.45, 7) is 7.31. The molecule has 2 rings (SSSR count). The minimum atomic E-state index is -0.833. The van der Waals surface area contributed by atoms with Crippen molar-refractivity contribution in [1.29, 1.82) is 0 Å². The van der Waals surface area contributed by atoms with Crippen LogP contribution in [-0.2, 0) is 10.3 Å². The van der Waals surface area contributed by atoms with E-state index in [0.29, 0.717) is 11.4 Å². The van der Waals surface area contributed by atoms with Gasteiger partial charge in [0.2, 0.25) is 0 Å². The number of oxime groups is 1. The van der Waals surface area contributed by atoms with E-state index in [1.54, 1.807) is 6.92 Å². The zero-order valence-corrected chi connectivity index (χ0v) is 14.3. The van der Waals surface area contributed by atoms with E-state index in [1.807, 2.05) is 69.3 Å². The third-order valence-electron chi connectivity index (χ3n) is 3.77. The Balaban J connectivity index is 2.12. The first-order valence-corrected chi connectivity index (χ1v) is 7.68. The predicted octanol–water partition coefficient (Wildman–Crippen LogP) is 4.68. The van der Waals surface area contributed by atoms with Gasteiger partial charge in [-0.2, -0.15) is 0 Å². The number of ether oxygens (including phenoxy) is 1. The van der Waals surface area contributed by atoms with Crippen molar-refractivity contribution in [1.82, 2.24) is 0 Å². The Kier molecular flexibility index (Phi) is 5.24. The Labute approximate surface area is 142 Å². The van der Waals surface area contributed by atoms with Crippen molar-refractivity contribution in [3.63, 3.8) is 0 Å². The van der Waals surface area contributed by atoms with E-state index in [4.69, 9.17) is 9.94 Å². The van der Waals surface area contributed by atoms with E-state index in [0.717, 1.165) is 16.7 Å². The number of nitrogens with one attached hydrogen (secondary N) is 1. The van der Waals surface area contributed by atoms with Crippen LogP contribution in [0.2, 0.25) is 0 Å². The van der Waals surface area contributed by atoms with Crippen LogP contribution in [0.15, 0.2) is 53.7 Å². The van der Waals surface area contributed by atoms with Gasteiger partial charge in [0.05, 0.1) is 5.71 Å². The average molecular weight is 326 g/mol. The summed E-state index contributed by atoms with van der Waals surface area (Å²) in [4.78, 5) is 12.2. The average Bonchev–Trinajstić information content (AvgIpc) is 2.56. The van der Waals surface area contributed by atoms with Gasteiger partial charge in [-0.25, -0.2) is 4.79 Å². The van der Waals surface area contributed by atoms with Gasteiger partial charge in [-0.05, 0) is 57.0 Å². The van der Waals surface area contributed by atoms with Gasteiger partial charge in [0.1, 0.15) is 5.60 Å². The number of rotatable bonds is 4. The molecule has 0 fully saturated rings. The molecule has 126 valence electrons. The predicted molar refractivity (Wildman–Crippen MR) is 94.7 cm³/mol. The number of carbonyl (C=O) groups is 1. The molecule has 0 spiro atoms. The van der Waals surface area contributed by atoms with Crippen LogP contribution in [0.5, 0.6) is 0 Å². The van der Waals surface area contributed by atoms with E-state index in [-0.39, 0.29) is 0 Å². The number of nitrogens with zero attached hydrogens (tertiary/aromatic N) is 1. The summed E-state index contributed by atoms with van der Waals surface area (Å²) in [5.74, 6) is 0. The molecule has 5 heteroatoms. The molecule has 1 amide bonds. The third kappa shape index (κ3) is 4.35. The summed E-state index contributed by atoms with van der Waals surface area (Å²) in [5.41, 5.74) is 3.04. The fourth-order valence-corrected chi connectivity index (χ4v) is 2.25. The van der Waals surface area contributed by atoms with Crippen LogP contribution in [0, 0.1) is 6.92 Å². The van der Waals surface area contributed by atoms with Crippen LogP contribution in [0.25, 0.3) is 0 Å². The van der Waals surface area contributed by atoms with Crippen LogP contribution in [-0.4, -0.2) is 17.0 Å². The second-order valence-electron chi connectivity index (χ2n) is 6.16. The quantitative estimate of drug-likeness (QED) is 0.487. The molecule has 0 aliphatic heterocycles. The van der Waals surface area contributed by atoms with Crippen molar-refractivity contribution in [2.24, 2.45) is 5.16 Å². The Morgan fingerprint density at radius 2 is 1.83 bits per heavy atom. The molecular weight excluding hydrogens is 304 g/mol. The SMILES string of the molecule is C/C(=N\O)c1cccc(C(C)(C)OC(=O)Nc2ccc(C)cc2)c1. The van der Waals surface area contributed by atoms with E-state index < -0.39 is 11.7 Å². The van der Waals surface area contributed by atoms with Crippen molar-refractivity contribution in [2.45, 2.75) is 33.3 Å². The molecule has 0 atom stereocenters. The number of hydrogen-bond acceptors (Lipinski definition) is 4. The maximum absolute atomic E-state index is 12.2. The van der Waals surface area contributed by atoms with Crippen LogP contribution >= 0.6 is 0 Å². The molecule has 0 unspecified atom stereocenters. The van der Waals surface area contributed by atoms with Crippen LogP contribution in [0.3, 0.4) is 0 Å². The smallest absolute Gasteiger partial charge is 0.412 e. The molecule has 24 heavy (non-hydrogen) atoms. The topological polar surface area (TPSA) is 70.9 Å². The summed E-state index contributed by atoms with van der Waals surface area (Å²) >= 11 is 0. The second kappa shape index (κ2) is 7.17. The highest BCUT2D eigenvalue weighted by Gasteiger charge is 2.26. The van der Waals surface area contributed by atoms with Gasteiger partial charge in [-0.3, -0.25) is 5.32 Å². The first kappa shape index (κ1) is 17.5. The Hall–Kier alpha value is -2.82. The highest BCUT2D eigenvalue weighted by molar-refractivity contribution is 5.98. The zero-order chi connectivity index (χ0) is 17.7. The van der Waals surface area contributed by atoms with E-state index >= 15 is 0 Å². The molecule has 0 bridgehead atoms. The summed E-state index contributed by atoms with van der Waals surface area (Å²) in [7, 11) is 0. The van der Waals surface area contributed by atoms with Crippen molar-refractivity contribution in [2.75, 3.05) is 5.32 Å². The molecular formula is C19H22N2O3. The molecule has 0 saturated heterocycles. The number of benzene rings is 2. The molecule has 5 nitrogen and oxygen atoms in total. The summed E-state index contributed by atoms with van der Waals surface area (Å²) < 4.78 is 5.57. The molecule has 2 aromatic carbocycles. The number of carbonyl (C=O) groups excluding carboxylic acids is 1. The van der Waals surface area contributed by atoms with Crippen LogP contribution in [0.1, 0.15) is 37.5 Å². The molecule has 2 N–H and O–H groups in total. The lowest BCUT2D eigenvalue weighted by Crippen LogP contribution is -2.28. The Bertz CT molecular complexity index is 749. The molecule has 0 saturated carbocycles. The molecule has 0 heterocycles. The van der Waals surface area contributed by atoms with Gasteiger partial charge in [0.25, 0.3) is 0 Å². The monoisotopic (exact) mass is 326 g/mol. The largest absolute Gasteiger partial charge is 0.438 e. The molecule has 2 aromatic rings. The second-order valence-corrected chi connectivity index (χ2v) is 6.16. The number of aryl methyl sites for hydroxylation is 1. The van der Waals surface area contributed by atoms with Gasteiger partial charge >= 0.3 is 6.09 Å². The molecule has 0 aliphatic rings. The lowest BCUT2D eigenvalue weighted by molar-refractivity contribution is 0.0466. The van der Waals surface area contributed by atoms with Crippen LogP contribution < -0.4 is 5.32 Å². The van der Waals surface area contributed by atoms with Crippen molar-refractivity contribution in [3.8, 4) is 0 Å². The van der Waals surface area contributed by atoms with Gasteiger partial charge in [-0.1, -0.05) is 41.1 Å². The fourth-order valence-electron chi connectivity index (χ4n) is 2.25. The Morgan fingerprint density at radius 1 is 1.17 bits per heavy atom. The maximum atomic E-state index is 12.2. The first-order chi connectivity index (χ1) is 11.3. The Morgan fingerprint density at radius 3 is 2.46 bits per heavy atom.